The number of fused-ring (bicyclic) bond motifs is 1. The zero-order valence-electron chi connectivity index (χ0n) is 11.5. The maximum atomic E-state index is 6.08. The summed E-state index contributed by atoms with van der Waals surface area (Å²) in [5.41, 5.74) is 8.82. The van der Waals surface area contributed by atoms with Crippen LogP contribution in [-0.4, -0.2) is 29.2 Å². The van der Waals surface area contributed by atoms with Gasteiger partial charge in [-0.15, -0.1) is 0 Å². The molecule has 3 rings (SSSR count). The van der Waals surface area contributed by atoms with E-state index in [1.54, 1.807) is 32.5 Å². The third kappa shape index (κ3) is 2.40. The number of nitrogen functional groups attached to an aromatic ring is 1. The molecule has 21 heavy (non-hydrogen) atoms. The fraction of sp³-hybridized carbons (Fsp3) is 0.143. The number of aromatic nitrogens is 3. The van der Waals surface area contributed by atoms with Crippen molar-refractivity contribution in [1.29, 1.82) is 0 Å². The molecule has 0 saturated carbocycles. The molecule has 3 aromatic rings. The second-order valence-corrected chi connectivity index (χ2v) is 5.32. The Bertz CT molecular complexity index is 816. The van der Waals surface area contributed by atoms with Crippen molar-refractivity contribution in [2.75, 3.05) is 20.0 Å². The Kier molecular flexibility index (Phi) is 3.42. The summed E-state index contributed by atoms with van der Waals surface area (Å²) in [6.07, 6.45) is 1.70. The summed E-state index contributed by atoms with van der Waals surface area (Å²) in [6.45, 7) is 0. The average molecular weight is 349 g/mol. The van der Waals surface area contributed by atoms with E-state index in [1.807, 2.05) is 6.07 Å². The smallest absolute Gasteiger partial charge is 0.178 e. The van der Waals surface area contributed by atoms with Crippen LogP contribution in [0.25, 0.3) is 22.6 Å². The van der Waals surface area contributed by atoms with Gasteiger partial charge >= 0.3 is 0 Å². The minimum atomic E-state index is 0.547. The Balaban J connectivity index is 2.17. The monoisotopic (exact) mass is 348 g/mol. The molecule has 0 atom stereocenters. The molecule has 7 heteroatoms. The Hall–Kier alpha value is -2.28. The first-order chi connectivity index (χ1) is 10.1. The molecule has 2 heterocycles. The molecule has 108 valence electrons. The second kappa shape index (κ2) is 5.25. The first kappa shape index (κ1) is 13.7. The van der Waals surface area contributed by atoms with Gasteiger partial charge < -0.3 is 20.2 Å². The van der Waals surface area contributed by atoms with E-state index in [-0.39, 0.29) is 0 Å². The third-order valence-corrected chi connectivity index (χ3v) is 3.55. The number of aromatic amines is 1. The largest absolute Gasteiger partial charge is 0.493 e. The number of hydrogen-bond donors (Lipinski definition) is 2. The molecule has 0 radical (unpaired) electrons. The number of ether oxygens (including phenoxy) is 2. The van der Waals surface area contributed by atoms with Crippen LogP contribution in [0.1, 0.15) is 0 Å². The first-order valence-corrected chi connectivity index (χ1v) is 6.95. The van der Waals surface area contributed by atoms with Gasteiger partial charge in [0.05, 0.1) is 19.7 Å². The van der Waals surface area contributed by atoms with Crippen molar-refractivity contribution in [2.45, 2.75) is 0 Å². The van der Waals surface area contributed by atoms with Gasteiger partial charge in [0, 0.05) is 28.0 Å². The van der Waals surface area contributed by atoms with E-state index < -0.39 is 0 Å². The van der Waals surface area contributed by atoms with Gasteiger partial charge in [-0.05, 0) is 28.1 Å². The first-order valence-electron chi connectivity index (χ1n) is 6.15. The highest BCUT2D eigenvalue weighted by atomic mass is 79.9. The maximum absolute atomic E-state index is 6.08. The van der Waals surface area contributed by atoms with Crippen molar-refractivity contribution in [3.05, 3.63) is 28.9 Å². The average Bonchev–Trinajstić information content (AvgIpc) is 2.89. The fourth-order valence-corrected chi connectivity index (χ4v) is 2.43. The van der Waals surface area contributed by atoms with E-state index >= 15 is 0 Å². The lowest BCUT2D eigenvalue weighted by Crippen LogP contribution is -1.96. The van der Waals surface area contributed by atoms with Gasteiger partial charge in [0.25, 0.3) is 0 Å². The minimum Gasteiger partial charge on any atom is -0.493 e. The van der Waals surface area contributed by atoms with Crippen molar-refractivity contribution in [3.8, 4) is 22.9 Å². The van der Waals surface area contributed by atoms with Crippen molar-refractivity contribution in [2.24, 2.45) is 0 Å². The van der Waals surface area contributed by atoms with Gasteiger partial charge in [-0.3, -0.25) is 0 Å². The highest BCUT2D eigenvalue weighted by molar-refractivity contribution is 9.10. The summed E-state index contributed by atoms with van der Waals surface area (Å²) in [7, 11) is 3.15. The van der Waals surface area contributed by atoms with Crippen molar-refractivity contribution in [3.63, 3.8) is 0 Å². The zero-order valence-corrected chi connectivity index (χ0v) is 13.1. The second-order valence-electron chi connectivity index (χ2n) is 4.40. The summed E-state index contributed by atoms with van der Waals surface area (Å²) in [4.78, 5) is 11.9. The molecule has 0 fully saturated rings. The number of anilines is 1. The molecule has 3 N–H and O–H groups in total. The molecule has 0 unspecified atom stereocenters. The van der Waals surface area contributed by atoms with Crippen LogP contribution in [-0.2, 0) is 0 Å². The number of nitrogens with two attached hydrogens (primary N) is 1. The number of benzene rings is 1. The Labute approximate surface area is 129 Å². The highest BCUT2D eigenvalue weighted by Crippen LogP contribution is 2.36. The van der Waals surface area contributed by atoms with E-state index in [0.717, 1.165) is 15.6 Å². The fourth-order valence-electron chi connectivity index (χ4n) is 2.10. The predicted octanol–water partition coefficient (Wildman–Crippen LogP) is 2.99. The molecular formula is C14H13BrN4O2. The molecular weight excluding hydrogens is 336 g/mol. The maximum Gasteiger partial charge on any atom is 0.178 e. The summed E-state index contributed by atoms with van der Waals surface area (Å²) in [5, 5.41) is 0. The van der Waals surface area contributed by atoms with Gasteiger partial charge in [0.15, 0.2) is 17.1 Å². The lowest BCUT2D eigenvalue weighted by molar-refractivity contribution is 0.355. The molecule has 1 aromatic carbocycles. The minimum absolute atomic E-state index is 0.547. The van der Waals surface area contributed by atoms with Crippen LogP contribution >= 0.6 is 15.9 Å². The van der Waals surface area contributed by atoms with Gasteiger partial charge in [0.1, 0.15) is 5.82 Å². The van der Waals surface area contributed by atoms with Crippen LogP contribution in [0, 0.1) is 0 Å². The van der Waals surface area contributed by atoms with Crippen molar-refractivity contribution in [1.82, 2.24) is 15.0 Å². The van der Waals surface area contributed by atoms with Gasteiger partial charge in [-0.25, -0.2) is 9.97 Å². The molecule has 2 aromatic heterocycles. The van der Waals surface area contributed by atoms with Crippen LogP contribution in [0.5, 0.6) is 11.5 Å². The Morgan fingerprint density at radius 1 is 1.14 bits per heavy atom. The topological polar surface area (TPSA) is 86.0 Å². The van der Waals surface area contributed by atoms with Crippen LogP contribution in [0.3, 0.4) is 0 Å². The highest BCUT2D eigenvalue weighted by Gasteiger charge is 2.14. The van der Waals surface area contributed by atoms with Gasteiger partial charge in [-0.2, -0.15) is 0 Å². The van der Waals surface area contributed by atoms with E-state index in [1.165, 1.54) is 0 Å². The molecule has 0 spiro atoms. The number of hydrogen-bond acceptors (Lipinski definition) is 5. The van der Waals surface area contributed by atoms with Crippen LogP contribution in [0.4, 0.5) is 5.69 Å². The van der Waals surface area contributed by atoms with Crippen molar-refractivity contribution >= 4 is 32.8 Å². The lowest BCUT2D eigenvalue weighted by atomic mass is 10.1. The number of imidazole rings is 1. The standard InChI is InChI=1S/C14H13BrN4O2/c1-20-11-4-8(9(16)5-12(11)21-2)13-18-10-3-7(15)6-17-14(10)19-13/h3-6H,16H2,1-2H3,(H,17,18,19). The molecule has 0 amide bonds. The molecule has 6 nitrogen and oxygen atoms in total. The summed E-state index contributed by atoms with van der Waals surface area (Å²) in [6, 6.07) is 5.42. The number of rotatable bonds is 3. The third-order valence-electron chi connectivity index (χ3n) is 3.11. The predicted molar refractivity (Wildman–Crippen MR) is 84.5 cm³/mol. The summed E-state index contributed by atoms with van der Waals surface area (Å²) < 4.78 is 11.4. The van der Waals surface area contributed by atoms with Gasteiger partial charge in [0.2, 0.25) is 0 Å². The van der Waals surface area contributed by atoms with E-state index in [4.69, 9.17) is 15.2 Å². The zero-order chi connectivity index (χ0) is 15.0. The van der Waals surface area contributed by atoms with Crippen LogP contribution in [0.2, 0.25) is 0 Å². The van der Waals surface area contributed by atoms with Gasteiger partial charge in [-0.1, -0.05) is 0 Å². The number of methoxy groups -OCH3 is 2. The molecule has 0 aliphatic heterocycles. The molecule has 0 aliphatic rings. The Morgan fingerprint density at radius 3 is 2.57 bits per heavy atom. The number of nitrogens with one attached hydrogen (secondary N) is 1. The molecule has 0 aliphatic carbocycles. The summed E-state index contributed by atoms with van der Waals surface area (Å²) in [5.74, 6) is 1.81. The van der Waals surface area contributed by atoms with E-state index in [0.29, 0.717) is 28.7 Å². The molecule has 0 saturated heterocycles. The van der Waals surface area contributed by atoms with E-state index in [2.05, 4.69) is 30.9 Å². The lowest BCUT2D eigenvalue weighted by Gasteiger charge is -2.11. The van der Waals surface area contributed by atoms with E-state index in [9.17, 15) is 0 Å². The van der Waals surface area contributed by atoms with Crippen LogP contribution < -0.4 is 15.2 Å². The SMILES string of the molecule is COc1cc(N)c(-c2nc3ncc(Br)cc3[nH]2)cc1OC. The summed E-state index contributed by atoms with van der Waals surface area (Å²) >= 11 is 3.38. The molecule has 0 bridgehead atoms. The van der Waals surface area contributed by atoms with Crippen LogP contribution in [0.15, 0.2) is 28.9 Å². The number of H-pyrrole nitrogens is 1. The number of pyridine rings is 1. The van der Waals surface area contributed by atoms with Crippen molar-refractivity contribution < 1.29 is 9.47 Å². The quantitative estimate of drug-likeness (QED) is 0.710. The number of halogens is 1. The number of nitrogens with zero attached hydrogens (tertiary/aromatic N) is 2. The Morgan fingerprint density at radius 2 is 1.86 bits per heavy atom. The normalized spacial score (nSPS) is 10.8.